The Kier molecular flexibility index (Phi) is 51.8. The first-order chi connectivity index (χ1) is 32.9. The molecule has 2 unspecified atom stereocenters. The fourth-order valence-electron chi connectivity index (χ4n) is 10.7. The van der Waals surface area contributed by atoms with Gasteiger partial charge in [-0.25, -0.2) is 4.98 Å². The summed E-state index contributed by atoms with van der Waals surface area (Å²) in [6.07, 6.45) is 68.9. The molecule has 4 nitrogen and oxygen atoms in total. The number of unbranched alkanes of at least 4 members (excludes halogenated alkanes) is 32. The standard InChI is InChI=1S/C63H122N2O2.BrH/c1-7-10-13-15-17-19-21-23-25-27-29-31-33-35-37-39-47-60(48-40-38-36-34-32-30-28-26-24-22-20-18-16-14-11-8-2)49-41-42-50-61(54-53-59(6)46-43-45-58(4)5)67-63(66)52-44-56-65-57-55-64-62(65)51-12-9-3;/h55,57-61H,7-54,56H2,1-6H3;1H. The zero-order chi connectivity index (χ0) is 48.5. The minimum atomic E-state index is 0. The van der Waals surface area contributed by atoms with E-state index in [1.807, 2.05) is 6.20 Å². The Morgan fingerprint density at radius 2 is 0.853 bits per heavy atom. The number of rotatable bonds is 54. The molecule has 0 aromatic carbocycles. The van der Waals surface area contributed by atoms with Crippen LogP contribution >= 0.6 is 17.0 Å². The molecule has 0 N–H and O–H groups in total. The van der Waals surface area contributed by atoms with Crippen molar-refractivity contribution in [2.75, 3.05) is 0 Å². The molecule has 0 amide bonds. The van der Waals surface area contributed by atoms with Gasteiger partial charge >= 0.3 is 5.97 Å². The highest BCUT2D eigenvalue weighted by Crippen LogP contribution is 2.27. The van der Waals surface area contributed by atoms with Crippen LogP contribution in [0.15, 0.2) is 12.4 Å². The second-order valence-electron chi connectivity index (χ2n) is 22.7. The SMILES string of the molecule is Br.CCCCCCCCCCCCCCCCCCC(CCCCCCCCCCCCCCCCCC)CCCCC(CCC(C)CCCC(C)C)OC(=O)CCCn1ccnc1CCCC. The number of carbonyl (C=O) groups excluding carboxylic acids is 1. The van der Waals surface area contributed by atoms with Gasteiger partial charge in [0.15, 0.2) is 0 Å². The van der Waals surface area contributed by atoms with Gasteiger partial charge in [0.05, 0.1) is 0 Å². The third-order valence-corrected chi connectivity index (χ3v) is 15.4. The average molecular weight is 1020 g/mol. The Labute approximate surface area is 438 Å². The molecule has 404 valence electrons. The topological polar surface area (TPSA) is 44.1 Å². The van der Waals surface area contributed by atoms with Crippen LogP contribution in [0.1, 0.15) is 349 Å². The predicted octanol–water partition coefficient (Wildman–Crippen LogP) is 22.2. The van der Waals surface area contributed by atoms with Crippen LogP contribution in [-0.4, -0.2) is 21.6 Å². The van der Waals surface area contributed by atoms with Crippen LogP contribution in [0.4, 0.5) is 0 Å². The molecule has 2 atom stereocenters. The first-order valence-corrected chi connectivity index (χ1v) is 31.1. The Morgan fingerprint density at radius 1 is 0.456 bits per heavy atom. The van der Waals surface area contributed by atoms with Crippen LogP contribution in [-0.2, 0) is 22.5 Å². The molecule has 0 saturated carbocycles. The van der Waals surface area contributed by atoms with Crippen LogP contribution in [0.25, 0.3) is 0 Å². The Balaban J connectivity index is 0.0000449. The summed E-state index contributed by atoms with van der Waals surface area (Å²) >= 11 is 0. The maximum absolute atomic E-state index is 13.3. The van der Waals surface area contributed by atoms with Gasteiger partial charge in [0.25, 0.3) is 0 Å². The number of aromatic nitrogens is 2. The molecule has 0 bridgehead atoms. The van der Waals surface area contributed by atoms with E-state index >= 15 is 0 Å². The molecule has 1 rings (SSSR count). The average Bonchev–Trinajstić information content (AvgIpc) is 3.77. The van der Waals surface area contributed by atoms with E-state index in [4.69, 9.17) is 4.74 Å². The maximum atomic E-state index is 13.3. The van der Waals surface area contributed by atoms with Gasteiger partial charge < -0.3 is 9.30 Å². The summed E-state index contributed by atoms with van der Waals surface area (Å²) in [4.78, 5) is 17.9. The number of esters is 1. The van der Waals surface area contributed by atoms with Crippen LogP contribution in [0.5, 0.6) is 0 Å². The van der Waals surface area contributed by atoms with E-state index in [1.165, 1.54) is 270 Å². The van der Waals surface area contributed by atoms with Crippen molar-refractivity contribution in [3.8, 4) is 0 Å². The fraction of sp³-hybridized carbons (Fsp3) is 0.937. The number of halogens is 1. The highest BCUT2D eigenvalue weighted by atomic mass is 79.9. The predicted molar refractivity (Wildman–Crippen MR) is 308 cm³/mol. The van der Waals surface area contributed by atoms with Gasteiger partial charge in [-0.3, -0.25) is 4.79 Å². The number of aryl methyl sites for hydroxylation is 2. The summed E-state index contributed by atoms with van der Waals surface area (Å²) < 4.78 is 8.57. The number of carbonyl (C=O) groups is 1. The van der Waals surface area contributed by atoms with E-state index < -0.39 is 0 Å². The molecule has 0 aliphatic heterocycles. The molecule has 0 fully saturated rings. The van der Waals surface area contributed by atoms with Gasteiger partial charge in [0, 0.05) is 31.8 Å². The highest BCUT2D eigenvalue weighted by Gasteiger charge is 2.18. The number of hydrogen-bond donors (Lipinski definition) is 0. The molecule has 0 aliphatic carbocycles. The zero-order valence-electron chi connectivity index (χ0n) is 47.2. The first-order valence-electron chi connectivity index (χ1n) is 31.1. The zero-order valence-corrected chi connectivity index (χ0v) is 48.9. The first kappa shape index (κ1) is 67.2. The second-order valence-corrected chi connectivity index (χ2v) is 22.7. The Hall–Kier alpha value is -0.840. The number of ether oxygens (including phenoxy) is 1. The smallest absolute Gasteiger partial charge is 0.306 e. The highest BCUT2D eigenvalue weighted by molar-refractivity contribution is 8.93. The lowest BCUT2D eigenvalue weighted by Gasteiger charge is -2.21. The van der Waals surface area contributed by atoms with Crippen molar-refractivity contribution in [3.05, 3.63) is 18.2 Å². The molecule has 1 aromatic rings. The summed E-state index contributed by atoms with van der Waals surface area (Å²) in [7, 11) is 0. The van der Waals surface area contributed by atoms with Gasteiger partial charge in [0.1, 0.15) is 11.9 Å². The molecule has 0 aliphatic rings. The molecule has 0 spiro atoms. The molecule has 5 heteroatoms. The van der Waals surface area contributed by atoms with Gasteiger partial charge in [-0.15, -0.1) is 17.0 Å². The summed E-state index contributed by atoms with van der Waals surface area (Å²) in [6, 6.07) is 0. The Bertz CT molecular complexity index is 1100. The van der Waals surface area contributed by atoms with Crippen molar-refractivity contribution in [2.45, 2.75) is 362 Å². The number of imidazole rings is 1. The molecular formula is C63H123BrN2O2. The van der Waals surface area contributed by atoms with E-state index in [0.717, 1.165) is 56.3 Å². The minimum Gasteiger partial charge on any atom is -0.462 e. The van der Waals surface area contributed by atoms with Crippen LogP contribution in [0.3, 0.4) is 0 Å². The third-order valence-electron chi connectivity index (χ3n) is 15.4. The lowest BCUT2D eigenvalue weighted by molar-refractivity contribution is -0.150. The summed E-state index contributed by atoms with van der Waals surface area (Å²) in [6.45, 7) is 14.8. The van der Waals surface area contributed by atoms with E-state index in [-0.39, 0.29) is 29.1 Å². The molecule has 1 aromatic heterocycles. The number of hydrogen-bond acceptors (Lipinski definition) is 3. The van der Waals surface area contributed by atoms with E-state index in [1.54, 1.807) is 0 Å². The van der Waals surface area contributed by atoms with Crippen molar-refractivity contribution in [1.82, 2.24) is 9.55 Å². The van der Waals surface area contributed by atoms with Crippen molar-refractivity contribution < 1.29 is 9.53 Å². The monoisotopic (exact) mass is 1020 g/mol. The van der Waals surface area contributed by atoms with E-state index in [0.29, 0.717) is 12.3 Å². The van der Waals surface area contributed by atoms with Crippen molar-refractivity contribution in [1.29, 1.82) is 0 Å². The summed E-state index contributed by atoms with van der Waals surface area (Å²) in [5, 5.41) is 0. The summed E-state index contributed by atoms with van der Waals surface area (Å²) in [5.41, 5.74) is 0. The van der Waals surface area contributed by atoms with Crippen molar-refractivity contribution >= 4 is 23.0 Å². The second kappa shape index (κ2) is 52.5. The van der Waals surface area contributed by atoms with Crippen LogP contribution in [0.2, 0.25) is 0 Å². The molecular weight excluding hydrogens is 897 g/mol. The van der Waals surface area contributed by atoms with Gasteiger partial charge in [-0.05, 0) is 56.3 Å². The fourth-order valence-corrected chi connectivity index (χ4v) is 10.7. The van der Waals surface area contributed by atoms with Crippen molar-refractivity contribution in [3.63, 3.8) is 0 Å². The largest absolute Gasteiger partial charge is 0.462 e. The molecule has 1 heterocycles. The third kappa shape index (κ3) is 45.1. The van der Waals surface area contributed by atoms with Crippen molar-refractivity contribution in [2.24, 2.45) is 17.8 Å². The van der Waals surface area contributed by atoms with Gasteiger partial charge in [-0.2, -0.15) is 0 Å². The van der Waals surface area contributed by atoms with Gasteiger partial charge in [-0.1, -0.05) is 298 Å². The van der Waals surface area contributed by atoms with E-state index in [9.17, 15) is 4.79 Å². The number of nitrogens with zero attached hydrogens (tertiary/aromatic N) is 2. The van der Waals surface area contributed by atoms with Crippen LogP contribution in [0, 0.1) is 17.8 Å². The molecule has 0 saturated heterocycles. The lowest BCUT2D eigenvalue weighted by Crippen LogP contribution is -2.20. The quantitative estimate of drug-likeness (QED) is 0.0482. The van der Waals surface area contributed by atoms with Gasteiger partial charge in [0.2, 0.25) is 0 Å². The maximum Gasteiger partial charge on any atom is 0.306 e. The van der Waals surface area contributed by atoms with Crippen LogP contribution < -0.4 is 0 Å². The Morgan fingerprint density at radius 3 is 1.28 bits per heavy atom. The van der Waals surface area contributed by atoms with E-state index in [2.05, 4.69) is 57.3 Å². The molecule has 68 heavy (non-hydrogen) atoms. The summed E-state index contributed by atoms with van der Waals surface area (Å²) in [5.74, 6) is 3.53. The normalized spacial score (nSPS) is 12.6. The molecule has 0 radical (unpaired) electrons. The lowest BCUT2D eigenvalue weighted by atomic mass is 9.89. The minimum absolute atomic E-state index is 0.